The first kappa shape index (κ1) is 15.7. The summed E-state index contributed by atoms with van der Waals surface area (Å²) >= 11 is 0. The summed E-state index contributed by atoms with van der Waals surface area (Å²) in [7, 11) is 0. The summed E-state index contributed by atoms with van der Waals surface area (Å²) in [6, 6.07) is 25.1. The third-order valence-corrected chi connectivity index (χ3v) is 4.68. The van der Waals surface area contributed by atoms with Crippen LogP contribution in [0.2, 0.25) is 0 Å². The second-order valence-corrected chi connectivity index (χ2v) is 6.17. The standard InChI is InChI=1S/C22H15F3/c23-22(24,25)21(15-20(21)18-9-5-2-6-10-18)19-13-11-17(12-14-19)16-7-3-1-4-8-16/h1-15H. The third kappa shape index (κ3) is 2.56. The summed E-state index contributed by atoms with van der Waals surface area (Å²) in [6.45, 7) is 0. The van der Waals surface area contributed by atoms with E-state index in [1.165, 1.54) is 6.08 Å². The second kappa shape index (κ2) is 5.62. The van der Waals surface area contributed by atoms with E-state index in [2.05, 4.69) is 0 Å². The molecular weight excluding hydrogens is 321 g/mol. The van der Waals surface area contributed by atoms with Gasteiger partial charge in [-0.1, -0.05) is 91.0 Å². The van der Waals surface area contributed by atoms with E-state index in [-0.39, 0.29) is 5.56 Å². The van der Waals surface area contributed by atoms with Crippen molar-refractivity contribution in [3.63, 3.8) is 0 Å². The topological polar surface area (TPSA) is 0 Å². The van der Waals surface area contributed by atoms with Crippen LogP contribution >= 0.6 is 0 Å². The molecule has 0 nitrogen and oxygen atoms in total. The zero-order chi connectivity index (χ0) is 17.5. The molecule has 1 atom stereocenters. The molecule has 4 rings (SSSR count). The van der Waals surface area contributed by atoms with E-state index in [1.54, 1.807) is 54.6 Å². The Kier molecular flexibility index (Phi) is 3.53. The Morgan fingerprint density at radius 2 is 1.04 bits per heavy atom. The normalized spacial score (nSPS) is 19.4. The minimum absolute atomic E-state index is 0.263. The van der Waals surface area contributed by atoms with Gasteiger partial charge in [0.2, 0.25) is 0 Å². The van der Waals surface area contributed by atoms with Gasteiger partial charge in [0.05, 0.1) is 0 Å². The fraction of sp³-hybridized carbons (Fsp3) is 0.0909. The van der Waals surface area contributed by atoms with E-state index >= 15 is 0 Å². The molecule has 0 spiro atoms. The number of halogens is 3. The summed E-state index contributed by atoms with van der Waals surface area (Å²) in [5, 5.41) is 0. The lowest BCUT2D eigenvalue weighted by Crippen LogP contribution is -2.31. The fourth-order valence-electron chi connectivity index (χ4n) is 3.30. The molecule has 3 aromatic rings. The molecule has 1 unspecified atom stereocenters. The van der Waals surface area contributed by atoms with Crippen LogP contribution in [0.5, 0.6) is 0 Å². The molecule has 1 aliphatic rings. The number of hydrogen-bond donors (Lipinski definition) is 0. The molecule has 3 aromatic carbocycles. The van der Waals surface area contributed by atoms with Crippen LogP contribution < -0.4 is 0 Å². The SMILES string of the molecule is FC(F)(F)C1(c2ccc(-c3ccccc3)cc2)C=C1c1ccccc1. The van der Waals surface area contributed by atoms with E-state index in [9.17, 15) is 13.2 Å². The van der Waals surface area contributed by atoms with Crippen LogP contribution in [0.1, 0.15) is 11.1 Å². The van der Waals surface area contributed by atoms with Crippen molar-refractivity contribution >= 4 is 5.57 Å². The Bertz CT molecular complexity index is 907. The number of alkyl halides is 3. The maximum atomic E-state index is 13.9. The molecule has 0 aliphatic heterocycles. The molecule has 1 aliphatic carbocycles. The van der Waals surface area contributed by atoms with Crippen molar-refractivity contribution in [3.8, 4) is 11.1 Å². The Morgan fingerprint density at radius 3 is 1.56 bits per heavy atom. The van der Waals surface area contributed by atoms with Crippen LogP contribution in [-0.2, 0) is 5.41 Å². The van der Waals surface area contributed by atoms with Gasteiger partial charge in [0.25, 0.3) is 0 Å². The van der Waals surface area contributed by atoms with Crippen molar-refractivity contribution in [1.29, 1.82) is 0 Å². The van der Waals surface area contributed by atoms with Crippen molar-refractivity contribution in [1.82, 2.24) is 0 Å². The summed E-state index contributed by atoms with van der Waals surface area (Å²) in [6.07, 6.45) is -3.04. The molecule has 0 N–H and O–H groups in total. The van der Waals surface area contributed by atoms with Gasteiger partial charge in [-0.15, -0.1) is 0 Å². The van der Waals surface area contributed by atoms with Crippen LogP contribution in [0.25, 0.3) is 16.7 Å². The van der Waals surface area contributed by atoms with Crippen molar-refractivity contribution in [2.24, 2.45) is 0 Å². The van der Waals surface area contributed by atoms with Gasteiger partial charge in [0, 0.05) is 0 Å². The summed E-state index contributed by atoms with van der Waals surface area (Å²) in [4.78, 5) is 0. The van der Waals surface area contributed by atoms with Gasteiger partial charge >= 0.3 is 6.18 Å². The highest BCUT2D eigenvalue weighted by Gasteiger charge is 2.65. The predicted molar refractivity (Wildman–Crippen MR) is 94.0 cm³/mol. The summed E-state index contributed by atoms with van der Waals surface area (Å²) in [5.41, 5.74) is 1.13. The lowest BCUT2D eigenvalue weighted by atomic mass is 9.86. The number of hydrogen-bond acceptors (Lipinski definition) is 0. The maximum absolute atomic E-state index is 13.9. The largest absolute Gasteiger partial charge is 0.405 e. The molecule has 0 saturated heterocycles. The molecule has 0 radical (unpaired) electrons. The highest BCUT2D eigenvalue weighted by Crippen LogP contribution is 2.61. The molecule has 0 fully saturated rings. The third-order valence-electron chi connectivity index (χ3n) is 4.68. The van der Waals surface area contributed by atoms with Crippen LogP contribution in [0.3, 0.4) is 0 Å². The van der Waals surface area contributed by atoms with Crippen LogP contribution in [0.4, 0.5) is 13.2 Å². The zero-order valence-electron chi connectivity index (χ0n) is 13.3. The zero-order valence-corrected chi connectivity index (χ0v) is 13.3. The summed E-state index contributed by atoms with van der Waals surface area (Å²) in [5.74, 6) is 0. The highest BCUT2D eigenvalue weighted by molar-refractivity contribution is 5.92. The Balaban J connectivity index is 1.71. The predicted octanol–water partition coefficient (Wildman–Crippen LogP) is 6.25. The summed E-state index contributed by atoms with van der Waals surface area (Å²) < 4.78 is 41.7. The highest BCUT2D eigenvalue weighted by atomic mass is 19.4. The molecule has 3 heteroatoms. The van der Waals surface area contributed by atoms with Gasteiger partial charge in [-0.2, -0.15) is 13.2 Å². The van der Waals surface area contributed by atoms with Crippen LogP contribution in [-0.4, -0.2) is 6.18 Å². The lowest BCUT2D eigenvalue weighted by molar-refractivity contribution is -0.151. The minimum atomic E-state index is -4.35. The molecule has 124 valence electrons. The van der Waals surface area contributed by atoms with Gasteiger partial charge in [0.1, 0.15) is 5.41 Å². The smallest absolute Gasteiger partial charge is 0.169 e. The van der Waals surface area contributed by atoms with Crippen molar-refractivity contribution in [2.45, 2.75) is 11.6 Å². The Morgan fingerprint density at radius 1 is 0.560 bits per heavy atom. The molecule has 25 heavy (non-hydrogen) atoms. The average molecular weight is 336 g/mol. The van der Waals surface area contributed by atoms with Gasteiger partial charge in [-0.05, 0) is 27.8 Å². The number of benzene rings is 3. The van der Waals surface area contributed by atoms with E-state index in [0.717, 1.165) is 11.1 Å². The minimum Gasteiger partial charge on any atom is -0.169 e. The lowest BCUT2D eigenvalue weighted by Gasteiger charge is -2.23. The van der Waals surface area contributed by atoms with Gasteiger partial charge in [-0.25, -0.2) is 0 Å². The fourth-order valence-corrected chi connectivity index (χ4v) is 3.30. The first-order valence-corrected chi connectivity index (χ1v) is 8.04. The van der Waals surface area contributed by atoms with Crippen molar-refractivity contribution in [2.75, 3.05) is 0 Å². The molecular formula is C22H15F3. The van der Waals surface area contributed by atoms with Gasteiger partial charge in [0.15, 0.2) is 0 Å². The molecule has 0 saturated carbocycles. The first-order chi connectivity index (χ1) is 12.0. The van der Waals surface area contributed by atoms with E-state index in [1.807, 2.05) is 30.3 Å². The average Bonchev–Trinajstić information content (AvgIpc) is 3.41. The van der Waals surface area contributed by atoms with E-state index < -0.39 is 11.6 Å². The molecule has 0 aromatic heterocycles. The van der Waals surface area contributed by atoms with Gasteiger partial charge < -0.3 is 0 Å². The Hall–Kier alpha value is -2.81. The van der Waals surface area contributed by atoms with E-state index in [0.29, 0.717) is 11.1 Å². The van der Waals surface area contributed by atoms with Crippen molar-refractivity contribution in [3.05, 3.63) is 102 Å². The monoisotopic (exact) mass is 336 g/mol. The van der Waals surface area contributed by atoms with Gasteiger partial charge in [-0.3, -0.25) is 0 Å². The quantitative estimate of drug-likeness (QED) is 0.530. The van der Waals surface area contributed by atoms with Crippen molar-refractivity contribution < 1.29 is 13.2 Å². The maximum Gasteiger partial charge on any atom is 0.405 e. The Labute approximate surface area is 144 Å². The van der Waals surface area contributed by atoms with Crippen LogP contribution in [0, 0.1) is 0 Å². The first-order valence-electron chi connectivity index (χ1n) is 8.04. The molecule has 0 bridgehead atoms. The number of allylic oxidation sites excluding steroid dienone is 2. The second-order valence-electron chi connectivity index (χ2n) is 6.17. The molecule has 0 amide bonds. The van der Waals surface area contributed by atoms with Crippen LogP contribution in [0.15, 0.2) is 91.0 Å². The van der Waals surface area contributed by atoms with E-state index in [4.69, 9.17) is 0 Å². The molecule has 0 heterocycles. The number of rotatable bonds is 3.